The third kappa shape index (κ3) is 8.30. The highest BCUT2D eigenvalue weighted by Gasteiger charge is 2.11. The van der Waals surface area contributed by atoms with Crippen LogP contribution in [0.4, 0.5) is 4.79 Å². The van der Waals surface area contributed by atoms with E-state index in [0.29, 0.717) is 12.1 Å². The molecule has 5 nitrogen and oxygen atoms in total. The minimum Gasteiger partial charge on any atom is -0.458 e. The Morgan fingerprint density at radius 1 is 1.41 bits per heavy atom. The molecule has 0 rings (SSSR count). The number of esters is 1. The van der Waals surface area contributed by atoms with Crippen molar-refractivity contribution < 1.29 is 19.1 Å². The first-order valence-corrected chi connectivity index (χ1v) is 5.74. The van der Waals surface area contributed by atoms with Gasteiger partial charge in [0.15, 0.2) is 0 Å². The van der Waals surface area contributed by atoms with Crippen LogP contribution in [0, 0.1) is 0 Å². The molecule has 1 unspecified atom stereocenters. The Morgan fingerprint density at radius 2 is 2.06 bits per heavy atom. The number of hydrogen-bond acceptors (Lipinski definition) is 4. The summed E-state index contributed by atoms with van der Waals surface area (Å²) in [5, 5.41) is 2.61. The first-order chi connectivity index (χ1) is 7.97. The molecule has 0 aromatic rings. The predicted octanol–water partition coefficient (Wildman–Crippen LogP) is 2.02. The number of unbranched alkanes of at least 4 members (excludes halogenated alkanes) is 1. The van der Waals surface area contributed by atoms with E-state index in [9.17, 15) is 9.59 Å². The molecule has 1 atom stereocenters. The van der Waals surface area contributed by atoms with Crippen LogP contribution in [0.25, 0.3) is 0 Å². The smallest absolute Gasteiger partial charge is 0.407 e. The van der Waals surface area contributed by atoms with Crippen LogP contribution in [-0.2, 0) is 14.3 Å². The monoisotopic (exact) mass is 243 g/mol. The predicted molar refractivity (Wildman–Crippen MR) is 64.6 cm³/mol. The van der Waals surface area contributed by atoms with Gasteiger partial charge in [-0.1, -0.05) is 19.9 Å². The van der Waals surface area contributed by atoms with Crippen LogP contribution in [-0.4, -0.2) is 31.3 Å². The number of nitrogens with one attached hydrogen (secondary N) is 1. The van der Waals surface area contributed by atoms with E-state index in [1.165, 1.54) is 0 Å². The SMILES string of the molecule is C=C(C)C(=O)OCC(C)OC(=O)NCCCC. The molecule has 0 aromatic carbocycles. The highest BCUT2D eigenvalue weighted by Crippen LogP contribution is 1.97. The van der Waals surface area contributed by atoms with Gasteiger partial charge in [0.2, 0.25) is 0 Å². The van der Waals surface area contributed by atoms with E-state index in [0.717, 1.165) is 12.8 Å². The maximum Gasteiger partial charge on any atom is 0.407 e. The molecule has 0 saturated heterocycles. The fraction of sp³-hybridized carbons (Fsp3) is 0.667. The van der Waals surface area contributed by atoms with Crippen LogP contribution < -0.4 is 5.32 Å². The lowest BCUT2D eigenvalue weighted by Gasteiger charge is -2.14. The van der Waals surface area contributed by atoms with Crippen molar-refractivity contribution in [2.75, 3.05) is 13.2 Å². The summed E-state index contributed by atoms with van der Waals surface area (Å²) in [4.78, 5) is 22.3. The van der Waals surface area contributed by atoms with Crippen LogP contribution in [0.3, 0.4) is 0 Å². The minimum absolute atomic E-state index is 0.0346. The Hall–Kier alpha value is -1.52. The number of alkyl carbamates (subject to hydrolysis) is 1. The molecule has 0 heterocycles. The Balaban J connectivity index is 3.70. The van der Waals surface area contributed by atoms with Crippen LogP contribution >= 0.6 is 0 Å². The third-order valence-corrected chi connectivity index (χ3v) is 1.91. The summed E-state index contributed by atoms with van der Waals surface area (Å²) >= 11 is 0. The van der Waals surface area contributed by atoms with E-state index >= 15 is 0 Å². The maximum atomic E-state index is 11.2. The average Bonchev–Trinajstić information content (AvgIpc) is 2.26. The maximum absolute atomic E-state index is 11.2. The summed E-state index contributed by atoms with van der Waals surface area (Å²) in [6.07, 6.45) is 0.956. The molecule has 0 bridgehead atoms. The topological polar surface area (TPSA) is 64.6 Å². The molecule has 0 aromatic heterocycles. The van der Waals surface area contributed by atoms with Gasteiger partial charge in [-0.15, -0.1) is 0 Å². The number of hydrogen-bond donors (Lipinski definition) is 1. The molecule has 0 aliphatic heterocycles. The molecule has 0 radical (unpaired) electrons. The van der Waals surface area contributed by atoms with Crippen molar-refractivity contribution >= 4 is 12.1 Å². The summed E-state index contributed by atoms with van der Waals surface area (Å²) < 4.78 is 9.82. The van der Waals surface area contributed by atoms with E-state index in [-0.39, 0.29) is 6.61 Å². The number of amides is 1. The third-order valence-electron chi connectivity index (χ3n) is 1.91. The van der Waals surface area contributed by atoms with Crippen molar-refractivity contribution in [2.45, 2.75) is 39.7 Å². The summed E-state index contributed by atoms with van der Waals surface area (Å²) in [6, 6.07) is 0. The second-order valence-electron chi connectivity index (χ2n) is 3.88. The van der Waals surface area contributed by atoms with E-state index in [2.05, 4.69) is 11.9 Å². The zero-order valence-corrected chi connectivity index (χ0v) is 10.7. The molecule has 1 amide bonds. The summed E-state index contributed by atoms with van der Waals surface area (Å²) in [5.41, 5.74) is 0.324. The Morgan fingerprint density at radius 3 is 2.59 bits per heavy atom. The lowest BCUT2D eigenvalue weighted by atomic mass is 10.3. The van der Waals surface area contributed by atoms with Gasteiger partial charge in [0.25, 0.3) is 0 Å². The molecule has 17 heavy (non-hydrogen) atoms. The van der Waals surface area contributed by atoms with Crippen molar-refractivity contribution in [3.8, 4) is 0 Å². The summed E-state index contributed by atoms with van der Waals surface area (Å²) in [7, 11) is 0. The molecule has 0 fully saturated rings. The molecule has 1 N–H and O–H groups in total. The first-order valence-electron chi connectivity index (χ1n) is 5.74. The van der Waals surface area contributed by atoms with Crippen LogP contribution in [0.5, 0.6) is 0 Å². The second kappa shape index (κ2) is 8.61. The van der Waals surface area contributed by atoms with Gasteiger partial charge in [-0.2, -0.15) is 0 Å². The zero-order chi connectivity index (χ0) is 13.3. The van der Waals surface area contributed by atoms with Gasteiger partial charge in [-0.25, -0.2) is 9.59 Å². The largest absolute Gasteiger partial charge is 0.458 e. The molecule has 0 aliphatic carbocycles. The van der Waals surface area contributed by atoms with Gasteiger partial charge in [-0.05, 0) is 20.3 Å². The molecular weight excluding hydrogens is 222 g/mol. The van der Waals surface area contributed by atoms with Crippen molar-refractivity contribution in [3.05, 3.63) is 12.2 Å². The van der Waals surface area contributed by atoms with Crippen LogP contribution in [0.2, 0.25) is 0 Å². The van der Waals surface area contributed by atoms with Crippen LogP contribution in [0.15, 0.2) is 12.2 Å². The molecule has 98 valence electrons. The minimum atomic E-state index is -0.489. The van der Waals surface area contributed by atoms with E-state index in [1.807, 2.05) is 6.92 Å². The molecular formula is C12H21NO4. The van der Waals surface area contributed by atoms with E-state index in [1.54, 1.807) is 13.8 Å². The quantitative estimate of drug-likeness (QED) is 0.422. The Bertz CT molecular complexity index is 276. The lowest BCUT2D eigenvalue weighted by molar-refractivity contribution is -0.141. The van der Waals surface area contributed by atoms with Crippen molar-refractivity contribution in [2.24, 2.45) is 0 Å². The molecule has 5 heteroatoms. The van der Waals surface area contributed by atoms with E-state index in [4.69, 9.17) is 9.47 Å². The Kier molecular flexibility index (Phi) is 7.84. The van der Waals surface area contributed by atoms with Crippen molar-refractivity contribution in [3.63, 3.8) is 0 Å². The Labute approximate surface area is 102 Å². The van der Waals surface area contributed by atoms with Gasteiger partial charge in [-0.3, -0.25) is 0 Å². The van der Waals surface area contributed by atoms with Gasteiger partial charge >= 0.3 is 12.1 Å². The molecule has 0 saturated carbocycles. The number of ether oxygens (including phenoxy) is 2. The highest BCUT2D eigenvalue weighted by atomic mass is 16.6. The zero-order valence-electron chi connectivity index (χ0n) is 10.7. The van der Waals surface area contributed by atoms with Gasteiger partial charge < -0.3 is 14.8 Å². The molecule has 0 aliphatic rings. The normalized spacial score (nSPS) is 11.5. The van der Waals surface area contributed by atoms with Gasteiger partial charge in [0, 0.05) is 12.1 Å². The summed E-state index contributed by atoms with van der Waals surface area (Å²) in [6.45, 7) is 9.33. The number of carbonyl (C=O) groups is 2. The van der Waals surface area contributed by atoms with Crippen molar-refractivity contribution in [1.29, 1.82) is 0 Å². The highest BCUT2D eigenvalue weighted by molar-refractivity contribution is 5.86. The fourth-order valence-corrected chi connectivity index (χ4v) is 0.942. The van der Waals surface area contributed by atoms with E-state index < -0.39 is 18.2 Å². The number of rotatable bonds is 7. The second-order valence-corrected chi connectivity index (χ2v) is 3.88. The van der Waals surface area contributed by atoms with Crippen molar-refractivity contribution in [1.82, 2.24) is 5.32 Å². The molecule has 0 spiro atoms. The summed E-state index contributed by atoms with van der Waals surface area (Å²) in [5.74, 6) is -0.480. The average molecular weight is 243 g/mol. The fourth-order valence-electron chi connectivity index (χ4n) is 0.942. The lowest BCUT2D eigenvalue weighted by Crippen LogP contribution is -2.31. The van der Waals surface area contributed by atoms with Gasteiger partial charge in [0.05, 0.1) is 0 Å². The standard InChI is InChI=1S/C12H21NO4/c1-5-6-7-13-12(15)17-10(4)8-16-11(14)9(2)3/h10H,2,5-8H2,1,3-4H3,(H,13,15). The first kappa shape index (κ1) is 15.5. The number of carbonyl (C=O) groups excluding carboxylic acids is 2. The van der Waals surface area contributed by atoms with Gasteiger partial charge in [0.1, 0.15) is 12.7 Å². The van der Waals surface area contributed by atoms with Crippen LogP contribution in [0.1, 0.15) is 33.6 Å².